The summed E-state index contributed by atoms with van der Waals surface area (Å²) in [6.07, 6.45) is 5.26. The summed E-state index contributed by atoms with van der Waals surface area (Å²) >= 11 is 0. The van der Waals surface area contributed by atoms with E-state index in [0.717, 1.165) is 47.4 Å². The largest absolute Gasteiger partial charge is 0.444 e. The maximum atomic E-state index is 15.7. The number of rotatable bonds is 5. The molecular formula is C32H37FN6O3. The van der Waals surface area contributed by atoms with Gasteiger partial charge < -0.3 is 19.5 Å². The number of nitrogens with one attached hydrogen (secondary N) is 1. The Morgan fingerprint density at radius 2 is 1.90 bits per heavy atom. The number of halogens is 1. The molecule has 7 rings (SSSR count). The maximum Gasteiger partial charge on any atom is 0.407 e. The Balaban J connectivity index is 1.21. The third kappa shape index (κ3) is 4.61. The highest BCUT2D eigenvalue weighted by molar-refractivity contribution is 5.95. The van der Waals surface area contributed by atoms with Crippen molar-refractivity contribution < 1.29 is 18.7 Å². The lowest BCUT2D eigenvalue weighted by Gasteiger charge is -2.28. The highest BCUT2D eigenvalue weighted by Crippen LogP contribution is 2.40. The van der Waals surface area contributed by atoms with E-state index in [0.29, 0.717) is 23.7 Å². The quantitative estimate of drug-likeness (QED) is 0.334. The smallest absolute Gasteiger partial charge is 0.407 e. The van der Waals surface area contributed by atoms with Crippen LogP contribution >= 0.6 is 0 Å². The van der Waals surface area contributed by atoms with Gasteiger partial charge in [0.2, 0.25) is 0 Å². The predicted molar refractivity (Wildman–Crippen MR) is 157 cm³/mol. The molecule has 1 N–H and O–H groups in total. The molecule has 220 valence electrons. The Morgan fingerprint density at radius 3 is 2.64 bits per heavy atom. The van der Waals surface area contributed by atoms with Gasteiger partial charge in [-0.25, -0.2) is 18.7 Å². The molecule has 2 aliphatic carbocycles. The zero-order valence-corrected chi connectivity index (χ0v) is 24.8. The molecule has 3 aliphatic rings. The fourth-order valence-electron chi connectivity index (χ4n) is 6.85. The van der Waals surface area contributed by atoms with Gasteiger partial charge in [-0.3, -0.25) is 4.79 Å². The second kappa shape index (κ2) is 9.54. The molecule has 1 aliphatic heterocycles. The van der Waals surface area contributed by atoms with Crippen LogP contribution in [0.15, 0.2) is 30.5 Å². The molecule has 2 unspecified atom stereocenters. The first-order valence-corrected chi connectivity index (χ1v) is 14.9. The van der Waals surface area contributed by atoms with Crippen LogP contribution in [0.4, 0.5) is 9.18 Å². The first kappa shape index (κ1) is 26.9. The van der Waals surface area contributed by atoms with Gasteiger partial charge >= 0.3 is 6.09 Å². The summed E-state index contributed by atoms with van der Waals surface area (Å²) in [6, 6.07) is 7.15. The van der Waals surface area contributed by atoms with Gasteiger partial charge in [0.1, 0.15) is 28.3 Å². The molecule has 0 radical (unpaired) electrons. The molecule has 2 saturated carbocycles. The van der Waals surface area contributed by atoms with E-state index >= 15 is 4.39 Å². The molecule has 2 bridgehead atoms. The second-order valence-corrected chi connectivity index (χ2v) is 13.3. The molecule has 0 spiro atoms. The number of piperidine rings is 1. The average Bonchev–Trinajstić information content (AvgIpc) is 3.27. The van der Waals surface area contributed by atoms with Crippen molar-refractivity contribution in [1.82, 2.24) is 29.4 Å². The highest BCUT2D eigenvalue weighted by Gasteiger charge is 2.50. The van der Waals surface area contributed by atoms with E-state index in [2.05, 4.69) is 22.0 Å². The van der Waals surface area contributed by atoms with Gasteiger partial charge in [-0.05, 0) is 96.4 Å². The highest BCUT2D eigenvalue weighted by atomic mass is 19.1. The minimum atomic E-state index is -0.605. The van der Waals surface area contributed by atoms with Crippen LogP contribution in [0.5, 0.6) is 0 Å². The average molecular weight is 573 g/mol. The summed E-state index contributed by atoms with van der Waals surface area (Å²) in [5.41, 5.74) is 4.20. The Bertz CT molecular complexity index is 1750. The van der Waals surface area contributed by atoms with E-state index in [4.69, 9.17) is 14.8 Å². The molecule has 4 aromatic rings. The van der Waals surface area contributed by atoms with E-state index in [1.807, 2.05) is 40.7 Å². The van der Waals surface area contributed by atoms with Crippen molar-refractivity contribution in [1.29, 1.82) is 0 Å². The number of aryl methyl sites for hydroxylation is 2. The van der Waals surface area contributed by atoms with Gasteiger partial charge in [-0.15, -0.1) is 0 Å². The predicted octanol–water partition coefficient (Wildman–Crippen LogP) is 5.64. The van der Waals surface area contributed by atoms with Crippen LogP contribution in [-0.2, 0) is 11.3 Å². The molecule has 4 aromatic heterocycles. The van der Waals surface area contributed by atoms with Crippen molar-refractivity contribution in [2.75, 3.05) is 6.54 Å². The van der Waals surface area contributed by atoms with Crippen LogP contribution in [0.1, 0.15) is 68.1 Å². The Hall–Kier alpha value is -3.95. The number of carbonyl (C=O) groups excluding carboxylic acids is 2. The fourth-order valence-corrected chi connectivity index (χ4v) is 6.85. The summed E-state index contributed by atoms with van der Waals surface area (Å²) in [6.45, 7) is 10.7. The third-order valence-electron chi connectivity index (χ3n) is 8.96. The topological polar surface area (TPSA) is 93.8 Å². The van der Waals surface area contributed by atoms with E-state index in [9.17, 15) is 9.59 Å². The number of nitrogens with zero attached hydrogens (tertiary/aromatic N) is 5. The Kier molecular flexibility index (Phi) is 6.11. The molecule has 0 aromatic carbocycles. The lowest BCUT2D eigenvalue weighted by Crippen LogP contribution is -2.46. The van der Waals surface area contributed by atoms with Crippen molar-refractivity contribution in [3.05, 3.63) is 53.1 Å². The van der Waals surface area contributed by atoms with Crippen LogP contribution in [0.25, 0.3) is 27.9 Å². The number of pyridine rings is 2. The van der Waals surface area contributed by atoms with Crippen molar-refractivity contribution in [3.8, 4) is 11.4 Å². The zero-order valence-electron chi connectivity index (χ0n) is 24.8. The van der Waals surface area contributed by atoms with Crippen LogP contribution < -0.4 is 5.32 Å². The summed E-state index contributed by atoms with van der Waals surface area (Å²) < 4.78 is 24.9. The standard InChI is InChI=1S/C32H37FN6O3/c1-17-6-9-20-13-25(37(29(20)34-17)14-19-7-8-19)26-18(2)28-23(33)12-22(16-39(28)36-26)30(40)38-15-21-10-11-24(38)27(21)35-31(41)42-32(3,4)5/h6,9,12-13,16,19,21,24,27H,7-8,10-11,14-15H2,1-5H3,(H,35,41)/t21?,24?,27-/m1/s1. The van der Waals surface area contributed by atoms with Crippen molar-refractivity contribution in [3.63, 3.8) is 0 Å². The molecule has 3 atom stereocenters. The number of likely N-dealkylation sites (tertiary alicyclic amines) is 1. The second-order valence-electron chi connectivity index (χ2n) is 13.3. The maximum absolute atomic E-state index is 15.7. The van der Waals surface area contributed by atoms with Crippen LogP contribution in [0.2, 0.25) is 0 Å². The van der Waals surface area contributed by atoms with Gasteiger partial charge in [0.05, 0.1) is 23.3 Å². The van der Waals surface area contributed by atoms with Crippen molar-refractivity contribution in [2.45, 2.75) is 84.5 Å². The van der Waals surface area contributed by atoms with E-state index in [-0.39, 0.29) is 29.5 Å². The van der Waals surface area contributed by atoms with Crippen LogP contribution in [-0.4, -0.2) is 60.3 Å². The van der Waals surface area contributed by atoms with E-state index in [1.54, 1.807) is 11.1 Å². The van der Waals surface area contributed by atoms with Crippen LogP contribution in [0.3, 0.4) is 0 Å². The number of aromatic nitrogens is 4. The third-order valence-corrected chi connectivity index (χ3v) is 8.96. The van der Waals surface area contributed by atoms with Gasteiger partial charge in [0.15, 0.2) is 0 Å². The van der Waals surface area contributed by atoms with Gasteiger partial charge in [0.25, 0.3) is 5.91 Å². The fraction of sp³-hybridized carbons (Fsp3) is 0.500. The molecular weight excluding hydrogens is 535 g/mol. The van der Waals surface area contributed by atoms with Crippen LogP contribution in [0, 0.1) is 31.5 Å². The van der Waals surface area contributed by atoms with Crippen molar-refractivity contribution in [2.24, 2.45) is 11.8 Å². The van der Waals surface area contributed by atoms with E-state index in [1.165, 1.54) is 23.4 Å². The molecule has 3 fully saturated rings. The first-order valence-electron chi connectivity index (χ1n) is 14.9. The SMILES string of the molecule is Cc1ccc2cc(-c3nn4cc(C(=O)N5CC6CCC5[C@@H]6NC(=O)OC(C)(C)C)cc(F)c4c3C)n(CC3CC3)c2n1. The summed E-state index contributed by atoms with van der Waals surface area (Å²) in [5, 5.41) is 8.86. The van der Waals surface area contributed by atoms with Gasteiger partial charge in [0, 0.05) is 35.9 Å². The Labute approximate surface area is 244 Å². The minimum absolute atomic E-state index is 0.143. The number of amides is 2. The normalized spacial score (nSPS) is 22.0. The summed E-state index contributed by atoms with van der Waals surface area (Å²) in [5.74, 6) is 0.0218. The number of hydrogen-bond donors (Lipinski definition) is 1. The van der Waals surface area contributed by atoms with Crippen molar-refractivity contribution >= 4 is 28.6 Å². The summed E-state index contributed by atoms with van der Waals surface area (Å²) in [7, 11) is 0. The molecule has 42 heavy (non-hydrogen) atoms. The number of carbonyl (C=O) groups is 2. The minimum Gasteiger partial charge on any atom is -0.444 e. The zero-order chi connectivity index (χ0) is 29.5. The number of alkyl carbamates (subject to hydrolysis) is 1. The summed E-state index contributed by atoms with van der Waals surface area (Å²) in [4.78, 5) is 32.8. The van der Waals surface area contributed by atoms with Gasteiger partial charge in [-0.2, -0.15) is 5.10 Å². The number of ether oxygens (including phenoxy) is 1. The van der Waals surface area contributed by atoms with Gasteiger partial charge in [-0.1, -0.05) is 0 Å². The molecule has 2 amide bonds. The molecule has 1 saturated heterocycles. The monoisotopic (exact) mass is 572 g/mol. The Morgan fingerprint density at radius 1 is 1.12 bits per heavy atom. The van der Waals surface area contributed by atoms with E-state index < -0.39 is 17.5 Å². The number of fused-ring (bicyclic) bond motifs is 4. The first-order chi connectivity index (χ1) is 20.0. The molecule has 5 heterocycles. The number of hydrogen-bond acceptors (Lipinski definition) is 5. The lowest BCUT2D eigenvalue weighted by atomic mass is 10.1. The lowest BCUT2D eigenvalue weighted by molar-refractivity contribution is 0.0485. The molecule has 10 heteroatoms. The molecule has 9 nitrogen and oxygen atoms in total.